The number of ether oxygens (including phenoxy) is 1. The Morgan fingerprint density at radius 3 is 2.65 bits per heavy atom. The van der Waals surface area contributed by atoms with Gasteiger partial charge < -0.3 is 14.6 Å². The number of carbonyl (C=O) groups excluding carboxylic acids is 1. The van der Waals surface area contributed by atoms with Crippen LogP contribution in [0.3, 0.4) is 0 Å². The molecule has 2 heterocycles. The van der Waals surface area contributed by atoms with E-state index in [4.69, 9.17) is 4.74 Å². The fourth-order valence-electron chi connectivity index (χ4n) is 2.53. The van der Waals surface area contributed by atoms with Crippen molar-refractivity contribution >= 4 is 5.91 Å². The van der Waals surface area contributed by atoms with Gasteiger partial charge in [-0.25, -0.2) is 4.98 Å². The average Bonchev–Trinajstić information content (AvgIpc) is 2.82. The number of amides is 1. The van der Waals surface area contributed by atoms with Crippen molar-refractivity contribution in [3.63, 3.8) is 0 Å². The third-order valence-corrected chi connectivity index (χ3v) is 3.49. The van der Waals surface area contributed by atoms with Gasteiger partial charge in [0.05, 0.1) is 18.3 Å². The second-order valence-electron chi connectivity index (χ2n) is 5.48. The molecule has 1 aliphatic rings. The van der Waals surface area contributed by atoms with E-state index >= 15 is 0 Å². The largest absolute Gasteiger partial charge is 0.497 e. The topological polar surface area (TPSA) is 56.1 Å². The molecule has 3 rings (SSSR count). The number of nitrogens with zero attached hydrogens (tertiary/aromatic N) is 2. The molecule has 0 fully saturated rings. The lowest BCUT2D eigenvalue weighted by Gasteiger charge is -2.30. The second kappa shape index (κ2) is 4.37. The standard InChI is InChI=1S/C15H17N3O2/c1-15(2)14-16-12(8-18(14)9-13(19)17-15)10-4-6-11(20-3)7-5-10/h4-8H,9H2,1-3H3,(H,17,19). The molecule has 104 valence electrons. The zero-order valence-corrected chi connectivity index (χ0v) is 11.8. The van der Waals surface area contributed by atoms with Crippen LogP contribution in [-0.4, -0.2) is 22.6 Å². The van der Waals surface area contributed by atoms with E-state index in [0.29, 0.717) is 6.54 Å². The van der Waals surface area contributed by atoms with Crippen LogP contribution in [0.5, 0.6) is 5.75 Å². The number of rotatable bonds is 2. The quantitative estimate of drug-likeness (QED) is 0.908. The zero-order chi connectivity index (χ0) is 14.3. The van der Waals surface area contributed by atoms with Gasteiger partial charge >= 0.3 is 0 Å². The number of imidazole rings is 1. The van der Waals surface area contributed by atoms with Crippen LogP contribution in [0.15, 0.2) is 30.5 Å². The number of carbonyl (C=O) groups is 1. The van der Waals surface area contributed by atoms with Crippen LogP contribution >= 0.6 is 0 Å². The molecule has 2 aromatic rings. The van der Waals surface area contributed by atoms with Crippen LogP contribution in [0.25, 0.3) is 11.3 Å². The maximum absolute atomic E-state index is 11.7. The first-order chi connectivity index (χ1) is 9.49. The summed E-state index contributed by atoms with van der Waals surface area (Å²) in [6, 6.07) is 7.75. The third kappa shape index (κ3) is 2.05. The molecule has 0 bridgehead atoms. The number of methoxy groups -OCH3 is 1. The van der Waals surface area contributed by atoms with Crippen LogP contribution in [-0.2, 0) is 16.9 Å². The number of aromatic nitrogens is 2. The highest BCUT2D eigenvalue weighted by Gasteiger charge is 2.33. The number of hydrogen-bond acceptors (Lipinski definition) is 3. The lowest BCUT2D eigenvalue weighted by atomic mass is 10.0. The molecule has 0 unspecified atom stereocenters. The predicted octanol–water partition coefficient (Wildman–Crippen LogP) is 1.92. The Bertz CT molecular complexity index is 656. The van der Waals surface area contributed by atoms with Crippen LogP contribution in [0.4, 0.5) is 0 Å². The van der Waals surface area contributed by atoms with Crippen LogP contribution in [0, 0.1) is 0 Å². The molecule has 0 aliphatic carbocycles. The van der Waals surface area contributed by atoms with E-state index < -0.39 is 5.54 Å². The van der Waals surface area contributed by atoms with Crippen LogP contribution in [0.1, 0.15) is 19.7 Å². The molecule has 1 aliphatic heterocycles. The van der Waals surface area contributed by atoms with Crippen molar-refractivity contribution in [2.45, 2.75) is 25.9 Å². The van der Waals surface area contributed by atoms with Crippen molar-refractivity contribution in [3.05, 3.63) is 36.3 Å². The Labute approximate surface area is 117 Å². The highest BCUT2D eigenvalue weighted by atomic mass is 16.5. The maximum Gasteiger partial charge on any atom is 0.240 e. The minimum atomic E-state index is -0.444. The molecule has 1 aromatic heterocycles. The van der Waals surface area contributed by atoms with Crippen molar-refractivity contribution in [2.75, 3.05) is 7.11 Å². The first kappa shape index (κ1) is 12.7. The monoisotopic (exact) mass is 271 g/mol. The van der Waals surface area contributed by atoms with E-state index in [0.717, 1.165) is 22.8 Å². The minimum absolute atomic E-state index is 0.0150. The van der Waals surface area contributed by atoms with E-state index in [-0.39, 0.29) is 5.91 Å². The third-order valence-electron chi connectivity index (χ3n) is 3.49. The lowest BCUT2D eigenvalue weighted by molar-refractivity contribution is -0.124. The van der Waals surface area contributed by atoms with Gasteiger partial charge in [-0.15, -0.1) is 0 Å². The molecule has 0 atom stereocenters. The van der Waals surface area contributed by atoms with Gasteiger partial charge in [0.15, 0.2) is 0 Å². The van der Waals surface area contributed by atoms with Gasteiger partial charge in [0.25, 0.3) is 0 Å². The van der Waals surface area contributed by atoms with Crippen LogP contribution < -0.4 is 10.1 Å². The fourth-order valence-corrected chi connectivity index (χ4v) is 2.53. The molecule has 0 saturated carbocycles. The van der Waals surface area contributed by atoms with Crippen molar-refractivity contribution in [3.8, 4) is 17.0 Å². The predicted molar refractivity (Wildman–Crippen MR) is 75.4 cm³/mol. The van der Waals surface area contributed by atoms with Gasteiger partial charge in [0, 0.05) is 11.8 Å². The molecule has 20 heavy (non-hydrogen) atoms. The lowest BCUT2D eigenvalue weighted by Crippen LogP contribution is -2.48. The highest BCUT2D eigenvalue weighted by molar-refractivity contribution is 5.78. The molecule has 0 spiro atoms. The van der Waals surface area contributed by atoms with Gasteiger partial charge in [0.1, 0.15) is 18.1 Å². The Morgan fingerprint density at radius 2 is 2.00 bits per heavy atom. The number of hydrogen-bond donors (Lipinski definition) is 1. The Kier molecular flexibility index (Phi) is 2.78. The van der Waals surface area contributed by atoms with Crippen molar-refractivity contribution in [2.24, 2.45) is 0 Å². The maximum atomic E-state index is 11.7. The van der Waals surface area contributed by atoms with Gasteiger partial charge in [-0.1, -0.05) is 0 Å². The van der Waals surface area contributed by atoms with E-state index in [1.54, 1.807) is 7.11 Å². The molecular formula is C15H17N3O2. The Hall–Kier alpha value is -2.30. The summed E-state index contributed by atoms with van der Waals surface area (Å²) >= 11 is 0. The first-order valence-electron chi connectivity index (χ1n) is 6.53. The second-order valence-corrected chi connectivity index (χ2v) is 5.48. The van der Waals surface area contributed by atoms with Crippen molar-refractivity contribution in [1.82, 2.24) is 14.9 Å². The summed E-state index contributed by atoms with van der Waals surface area (Å²) in [5.41, 5.74) is 1.43. The van der Waals surface area contributed by atoms with E-state index in [9.17, 15) is 4.79 Å². The summed E-state index contributed by atoms with van der Waals surface area (Å²) in [5.74, 6) is 1.71. The number of nitrogens with one attached hydrogen (secondary N) is 1. The molecule has 0 saturated heterocycles. The van der Waals surface area contributed by atoms with Gasteiger partial charge in [0.2, 0.25) is 5.91 Å². The Balaban J connectivity index is 2.02. The van der Waals surface area contributed by atoms with Gasteiger partial charge in [-0.3, -0.25) is 4.79 Å². The van der Waals surface area contributed by atoms with E-state index in [1.165, 1.54) is 0 Å². The Morgan fingerprint density at radius 1 is 1.30 bits per heavy atom. The summed E-state index contributed by atoms with van der Waals surface area (Å²) in [4.78, 5) is 16.4. The highest BCUT2D eigenvalue weighted by Crippen LogP contribution is 2.28. The van der Waals surface area contributed by atoms with Crippen molar-refractivity contribution < 1.29 is 9.53 Å². The molecular weight excluding hydrogens is 254 g/mol. The van der Waals surface area contributed by atoms with Gasteiger partial charge in [-0.05, 0) is 38.1 Å². The molecule has 0 radical (unpaired) electrons. The first-order valence-corrected chi connectivity index (χ1v) is 6.53. The number of benzene rings is 1. The molecule has 1 amide bonds. The normalized spacial score (nSPS) is 16.4. The molecule has 1 aromatic carbocycles. The minimum Gasteiger partial charge on any atom is -0.497 e. The summed E-state index contributed by atoms with van der Waals surface area (Å²) in [7, 11) is 1.64. The van der Waals surface area contributed by atoms with Gasteiger partial charge in [-0.2, -0.15) is 0 Å². The van der Waals surface area contributed by atoms with E-state index in [1.807, 2.05) is 48.9 Å². The van der Waals surface area contributed by atoms with Crippen LogP contribution in [0.2, 0.25) is 0 Å². The van der Waals surface area contributed by atoms with Crippen molar-refractivity contribution in [1.29, 1.82) is 0 Å². The fraction of sp³-hybridized carbons (Fsp3) is 0.333. The number of fused-ring (bicyclic) bond motifs is 1. The summed E-state index contributed by atoms with van der Waals surface area (Å²) < 4.78 is 7.07. The summed E-state index contributed by atoms with van der Waals surface area (Å²) in [6.45, 7) is 4.24. The van der Waals surface area contributed by atoms with E-state index in [2.05, 4.69) is 10.3 Å². The smallest absolute Gasteiger partial charge is 0.240 e. The summed E-state index contributed by atoms with van der Waals surface area (Å²) in [6.07, 6.45) is 1.93. The molecule has 5 heteroatoms. The molecule has 5 nitrogen and oxygen atoms in total. The zero-order valence-electron chi connectivity index (χ0n) is 11.8. The summed E-state index contributed by atoms with van der Waals surface area (Å²) in [5, 5.41) is 2.95. The average molecular weight is 271 g/mol. The molecule has 1 N–H and O–H groups in total. The SMILES string of the molecule is COc1ccc(-c2cn3c(n2)C(C)(C)NC(=O)C3)cc1.